The number of aryl methyl sites for hydroxylation is 3. The third-order valence-electron chi connectivity index (χ3n) is 3.74. The fourth-order valence-corrected chi connectivity index (χ4v) is 2.49. The van der Waals surface area contributed by atoms with Gasteiger partial charge in [-0.15, -0.1) is 0 Å². The normalized spacial score (nSPS) is 11.2. The lowest BCUT2D eigenvalue weighted by molar-refractivity contribution is 1.04. The average molecular weight is 280 g/mol. The molecule has 2 heteroatoms. The molecule has 0 radical (unpaired) electrons. The van der Waals surface area contributed by atoms with E-state index in [-0.39, 0.29) is 0 Å². The van der Waals surface area contributed by atoms with Crippen molar-refractivity contribution >= 4 is 11.9 Å². The number of pyridine rings is 1. The van der Waals surface area contributed by atoms with Crippen molar-refractivity contribution in [2.24, 2.45) is 4.99 Å². The molecule has 110 valence electrons. The van der Waals surface area contributed by atoms with Crippen LogP contribution in [0.25, 0.3) is 0 Å². The molecular weight excluding hydrogens is 256 g/mol. The van der Waals surface area contributed by atoms with Gasteiger partial charge in [-0.05, 0) is 48.1 Å². The molecule has 0 atom stereocenters. The average Bonchev–Trinajstić information content (AvgIpc) is 2.55. The molecule has 2 aromatic rings. The van der Waals surface area contributed by atoms with Gasteiger partial charge in [0.25, 0.3) is 0 Å². The zero-order valence-electron chi connectivity index (χ0n) is 13.3. The van der Waals surface area contributed by atoms with Crippen LogP contribution in [0.2, 0.25) is 0 Å². The molecule has 1 heterocycles. The van der Waals surface area contributed by atoms with Gasteiger partial charge in [-0.1, -0.05) is 39.0 Å². The molecule has 1 aromatic carbocycles. The Morgan fingerprint density at radius 1 is 1.00 bits per heavy atom. The van der Waals surface area contributed by atoms with E-state index in [0.717, 1.165) is 37.1 Å². The Kier molecular flexibility index (Phi) is 5.68. The molecule has 0 fully saturated rings. The molecule has 0 N–H and O–H groups in total. The summed E-state index contributed by atoms with van der Waals surface area (Å²) < 4.78 is 0. The predicted molar refractivity (Wildman–Crippen MR) is 90.7 cm³/mol. The van der Waals surface area contributed by atoms with E-state index in [1.165, 1.54) is 16.7 Å². The van der Waals surface area contributed by atoms with E-state index in [1.807, 2.05) is 30.6 Å². The summed E-state index contributed by atoms with van der Waals surface area (Å²) in [6.45, 7) is 6.61. The molecule has 1 aromatic heterocycles. The van der Waals surface area contributed by atoms with Gasteiger partial charge in [0.05, 0.1) is 5.69 Å². The van der Waals surface area contributed by atoms with Gasteiger partial charge >= 0.3 is 0 Å². The molecule has 0 amide bonds. The van der Waals surface area contributed by atoms with E-state index in [0.29, 0.717) is 0 Å². The first-order chi connectivity index (χ1) is 10.3. The second kappa shape index (κ2) is 7.72. The van der Waals surface area contributed by atoms with Crippen LogP contribution in [-0.2, 0) is 25.7 Å². The van der Waals surface area contributed by atoms with Crippen LogP contribution in [0.15, 0.2) is 41.5 Å². The number of nitrogens with zero attached hydrogens (tertiary/aromatic N) is 2. The van der Waals surface area contributed by atoms with Gasteiger partial charge < -0.3 is 0 Å². The van der Waals surface area contributed by atoms with Crippen molar-refractivity contribution in [3.05, 3.63) is 58.9 Å². The Hall–Kier alpha value is -1.96. The summed E-state index contributed by atoms with van der Waals surface area (Å²) in [4.78, 5) is 9.08. The smallest absolute Gasteiger partial charge is 0.0689 e. The summed E-state index contributed by atoms with van der Waals surface area (Å²) in [5, 5.41) is 0. The van der Waals surface area contributed by atoms with Crippen molar-refractivity contribution in [3.8, 4) is 0 Å². The van der Waals surface area contributed by atoms with Gasteiger partial charge in [-0.2, -0.15) is 0 Å². The topological polar surface area (TPSA) is 25.2 Å². The highest BCUT2D eigenvalue weighted by Gasteiger charge is 2.07. The largest absolute Gasteiger partial charge is 0.261 e. The molecule has 2 rings (SSSR count). The van der Waals surface area contributed by atoms with Crippen molar-refractivity contribution in [3.63, 3.8) is 0 Å². The van der Waals surface area contributed by atoms with Gasteiger partial charge in [0, 0.05) is 24.5 Å². The molecule has 0 saturated heterocycles. The summed E-state index contributed by atoms with van der Waals surface area (Å²) in [6, 6.07) is 10.6. The predicted octanol–water partition coefficient (Wildman–Crippen LogP) is 4.71. The summed E-state index contributed by atoms with van der Waals surface area (Å²) in [5.41, 5.74) is 6.33. The molecule has 0 unspecified atom stereocenters. The summed E-state index contributed by atoms with van der Waals surface area (Å²) in [5.74, 6) is 0. The summed E-state index contributed by atoms with van der Waals surface area (Å²) >= 11 is 0. The fraction of sp³-hybridized carbons (Fsp3) is 0.368. The van der Waals surface area contributed by atoms with E-state index in [1.54, 1.807) is 0 Å². The highest BCUT2D eigenvalue weighted by Crippen LogP contribution is 2.27. The maximum absolute atomic E-state index is 4.75. The standard InChI is InChI=1S/C19H24N2/c1-4-15-13-16(5-2)19(17(6-3)14-15)21-12-10-18-9-7-8-11-20-18/h7-9,11-14H,4-6,10H2,1-3H3. The second-order valence-electron chi connectivity index (χ2n) is 5.16. The monoisotopic (exact) mass is 280 g/mol. The number of hydrogen-bond acceptors (Lipinski definition) is 2. The van der Waals surface area contributed by atoms with Crippen LogP contribution in [0.3, 0.4) is 0 Å². The van der Waals surface area contributed by atoms with Crippen molar-refractivity contribution in [2.45, 2.75) is 46.5 Å². The van der Waals surface area contributed by atoms with E-state index < -0.39 is 0 Å². The molecule has 2 nitrogen and oxygen atoms in total. The molecule has 0 bridgehead atoms. The molecule has 0 saturated carbocycles. The third kappa shape index (κ3) is 4.01. The van der Waals surface area contributed by atoms with E-state index in [4.69, 9.17) is 4.99 Å². The SMILES string of the molecule is CCc1cc(CC)c(N=CCc2ccccn2)c(CC)c1. The summed E-state index contributed by atoms with van der Waals surface area (Å²) in [6.07, 6.45) is 7.73. The Morgan fingerprint density at radius 2 is 1.71 bits per heavy atom. The van der Waals surface area contributed by atoms with Crippen LogP contribution in [-0.4, -0.2) is 11.2 Å². The first-order valence-corrected chi connectivity index (χ1v) is 7.85. The van der Waals surface area contributed by atoms with E-state index in [9.17, 15) is 0 Å². The molecule has 0 aliphatic heterocycles. The lowest BCUT2D eigenvalue weighted by Gasteiger charge is -2.11. The molecule has 21 heavy (non-hydrogen) atoms. The first kappa shape index (κ1) is 15.4. The number of benzene rings is 1. The second-order valence-corrected chi connectivity index (χ2v) is 5.16. The Morgan fingerprint density at radius 3 is 2.24 bits per heavy atom. The minimum absolute atomic E-state index is 0.780. The van der Waals surface area contributed by atoms with E-state index >= 15 is 0 Å². The van der Waals surface area contributed by atoms with Gasteiger partial charge in [0.15, 0.2) is 0 Å². The van der Waals surface area contributed by atoms with Gasteiger partial charge in [-0.3, -0.25) is 9.98 Å². The van der Waals surface area contributed by atoms with Crippen molar-refractivity contribution in [1.29, 1.82) is 0 Å². The van der Waals surface area contributed by atoms with Crippen LogP contribution >= 0.6 is 0 Å². The van der Waals surface area contributed by atoms with Crippen molar-refractivity contribution in [1.82, 2.24) is 4.98 Å². The number of aromatic nitrogens is 1. The quantitative estimate of drug-likeness (QED) is 0.703. The van der Waals surface area contributed by atoms with Crippen molar-refractivity contribution < 1.29 is 0 Å². The number of rotatable bonds is 6. The highest BCUT2D eigenvalue weighted by molar-refractivity contribution is 5.69. The zero-order chi connectivity index (χ0) is 15.1. The van der Waals surface area contributed by atoms with E-state index in [2.05, 4.69) is 37.9 Å². The molecule has 0 aliphatic rings. The van der Waals surface area contributed by atoms with Crippen LogP contribution in [0.1, 0.15) is 43.2 Å². The van der Waals surface area contributed by atoms with Gasteiger partial charge in [-0.25, -0.2) is 0 Å². The minimum Gasteiger partial charge on any atom is -0.261 e. The van der Waals surface area contributed by atoms with Crippen LogP contribution in [0.4, 0.5) is 5.69 Å². The Balaban J connectivity index is 2.25. The lowest BCUT2D eigenvalue weighted by atomic mass is 9.98. The Bertz CT molecular complexity index is 575. The molecule has 0 aliphatic carbocycles. The van der Waals surface area contributed by atoms with Gasteiger partial charge in [0.1, 0.15) is 0 Å². The number of hydrogen-bond donors (Lipinski definition) is 0. The number of aliphatic imine (C=N–C) groups is 1. The summed E-state index contributed by atoms with van der Waals surface area (Å²) in [7, 11) is 0. The van der Waals surface area contributed by atoms with Crippen LogP contribution in [0.5, 0.6) is 0 Å². The third-order valence-corrected chi connectivity index (χ3v) is 3.74. The molecule has 0 spiro atoms. The van der Waals surface area contributed by atoms with Crippen LogP contribution in [0, 0.1) is 0 Å². The fourth-order valence-electron chi connectivity index (χ4n) is 2.49. The highest BCUT2D eigenvalue weighted by atomic mass is 14.7. The molecular formula is C19H24N2. The maximum Gasteiger partial charge on any atom is 0.0689 e. The maximum atomic E-state index is 4.75. The zero-order valence-corrected chi connectivity index (χ0v) is 13.3. The Labute approximate surface area is 128 Å². The minimum atomic E-state index is 0.780. The van der Waals surface area contributed by atoms with Crippen LogP contribution < -0.4 is 0 Å². The lowest BCUT2D eigenvalue weighted by Crippen LogP contribution is -1.95. The van der Waals surface area contributed by atoms with Crippen molar-refractivity contribution in [2.75, 3.05) is 0 Å². The van der Waals surface area contributed by atoms with Gasteiger partial charge in [0.2, 0.25) is 0 Å². The first-order valence-electron chi connectivity index (χ1n) is 7.85.